The van der Waals surface area contributed by atoms with Gasteiger partial charge in [0.15, 0.2) is 21.3 Å². The summed E-state index contributed by atoms with van der Waals surface area (Å²) in [5.74, 6) is 0.559. The molecular formula is C18H28N2O5S. The highest BCUT2D eigenvalue weighted by Crippen LogP contribution is 2.30. The summed E-state index contributed by atoms with van der Waals surface area (Å²) in [5, 5.41) is 2.96. The monoisotopic (exact) mass is 384 g/mol. The van der Waals surface area contributed by atoms with E-state index in [-0.39, 0.29) is 34.9 Å². The molecule has 8 heteroatoms. The summed E-state index contributed by atoms with van der Waals surface area (Å²) < 4.78 is 35.3. The maximum Gasteiger partial charge on any atom is 0.221 e. The maximum atomic E-state index is 12.5. The third kappa shape index (κ3) is 5.11. The molecule has 1 amide bonds. The van der Waals surface area contributed by atoms with Crippen molar-refractivity contribution < 1.29 is 22.7 Å². The van der Waals surface area contributed by atoms with E-state index < -0.39 is 9.84 Å². The van der Waals surface area contributed by atoms with Crippen LogP contribution in [0.3, 0.4) is 0 Å². The van der Waals surface area contributed by atoms with Crippen LogP contribution in [0.1, 0.15) is 32.1 Å². The number of methoxy groups -OCH3 is 2. The van der Waals surface area contributed by atoms with E-state index in [9.17, 15) is 13.2 Å². The molecule has 0 aliphatic heterocycles. The first-order valence-electron chi connectivity index (χ1n) is 8.85. The van der Waals surface area contributed by atoms with Crippen LogP contribution < -0.4 is 20.5 Å². The maximum absolute atomic E-state index is 12.5. The predicted octanol–water partition coefficient (Wildman–Crippen LogP) is 1.50. The summed E-state index contributed by atoms with van der Waals surface area (Å²) in [5.41, 5.74) is 5.77. The molecule has 26 heavy (non-hydrogen) atoms. The van der Waals surface area contributed by atoms with Gasteiger partial charge in [0, 0.05) is 18.5 Å². The molecule has 1 aliphatic rings. The van der Waals surface area contributed by atoms with Crippen molar-refractivity contribution in [3.05, 3.63) is 18.2 Å². The third-order valence-electron chi connectivity index (χ3n) is 4.87. The van der Waals surface area contributed by atoms with Crippen LogP contribution in [0.15, 0.2) is 23.1 Å². The highest BCUT2D eigenvalue weighted by Gasteiger charge is 2.26. The third-order valence-corrected chi connectivity index (χ3v) is 6.58. The average Bonchev–Trinajstić information content (AvgIpc) is 2.66. The Bertz CT molecular complexity index is 720. The lowest BCUT2D eigenvalue weighted by atomic mass is 9.84. The number of carbonyl (C=O) groups excluding carboxylic acids is 1. The summed E-state index contributed by atoms with van der Waals surface area (Å²) in [6.07, 6.45) is 4.01. The van der Waals surface area contributed by atoms with Crippen LogP contribution in [0, 0.1) is 5.92 Å². The molecule has 0 spiro atoms. The van der Waals surface area contributed by atoms with Crippen LogP contribution >= 0.6 is 0 Å². The van der Waals surface area contributed by atoms with E-state index in [1.807, 2.05) is 0 Å². The molecule has 146 valence electrons. The second-order valence-electron chi connectivity index (χ2n) is 6.54. The van der Waals surface area contributed by atoms with Gasteiger partial charge < -0.3 is 20.5 Å². The van der Waals surface area contributed by atoms with Crippen molar-refractivity contribution in [2.75, 3.05) is 26.5 Å². The van der Waals surface area contributed by atoms with Crippen molar-refractivity contribution in [2.24, 2.45) is 11.7 Å². The molecule has 7 nitrogen and oxygen atoms in total. The Morgan fingerprint density at radius 1 is 1.19 bits per heavy atom. The first kappa shape index (κ1) is 20.5. The molecule has 0 bridgehead atoms. The topological polar surface area (TPSA) is 108 Å². The summed E-state index contributed by atoms with van der Waals surface area (Å²) in [6, 6.07) is 4.46. The largest absolute Gasteiger partial charge is 0.493 e. The van der Waals surface area contributed by atoms with Gasteiger partial charge in [-0.1, -0.05) is 12.8 Å². The van der Waals surface area contributed by atoms with Crippen LogP contribution in [0.25, 0.3) is 0 Å². The minimum absolute atomic E-state index is 0.0463. The molecular weight excluding hydrogens is 356 g/mol. The first-order chi connectivity index (χ1) is 12.4. The van der Waals surface area contributed by atoms with Crippen molar-refractivity contribution >= 4 is 15.7 Å². The lowest BCUT2D eigenvalue weighted by Gasteiger charge is -2.31. The lowest BCUT2D eigenvalue weighted by Crippen LogP contribution is -2.45. The van der Waals surface area contributed by atoms with Crippen molar-refractivity contribution in [3.8, 4) is 11.5 Å². The molecule has 0 saturated heterocycles. The van der Waals surface area contributed by atoms with Crippen molar-refractivity contribution in [2.45, 2.75) is 43.0 Å². The van der Waals surface area contributed by atoms with Crippen molar-refractivity contribution in [3.63, 3.8) is 0 Å². The molecule has 1 fully saturated rings. The van der Waals surface area contributed by atoms with Crippen LogP contribution in [-0.4, -0.2) is 46.9 Å². The van der Waals surface area contributed by atoms with Crippen molar-refractivity contribution in [1.82, 2.24) is 5.32 Å². The van der Waals surface area contributed by atoms with Gasteiger partial charge >= 0.3 is 0 Å². The van der Waals surface area contributed by atoms with E-state index in [2.05, 4.69) is 5.32 Å². The minimum Gasteiger partial charge on any atom is -0.493 e. The van der Waals surface area contributed by atoms with Gasteiger partial charge in [-0.05, 0) is 37.4 Å². The average molecular weight is 384 g/mol. The first-order valence-corrected chi connectivity index (χ1v) is 10.5. The second-order valence-corrected chi connectivity index (χ2v) is 8.65. The molecule has 2 unspecified atom stereocenters. The van der Waals surface area contributed by atoms with Gasteiger partial charge in [0.25, 0.3) is 0 Å². The molecule has 2 atom stereocenters. The van der Waals surface area contributed by atoms with E-state index in [1.54, 1.807) is 6.07 Å². The quantitative estimate of drug-likeness (QED) is 0.703. The molecule has 2 rings (SSSR count). The predicted molar refractivity (Wildman–Crippen MR) is 99.2 cm³/mol. The van der Waals surface area contributed by atoms with E-state index in [0.29, 0.717) is 18.0 Å². The Balaban J connectivity index is 1.98. The van der Waals surface area contributed by atoms with E-state index in [0.717, 1.165) is 25.7 Å². The number of hydrogen-bond donors (Lipinski definition) is 2. The number of benzene rings is 1. The summed E-state index contributed by atoms with van der Waals surface area (Å²) >= 11 is 0. The van der Waals surface area contributed by atoms with Crippen LogP contribution in [-0.2, 0) is 14.6 Å². The molecule has 0 heterocycles. The number of sulfone groups is 1. The molecule has 1 aromatic rings. The number of nitrogens with one attached hydrogen (secondary N) is 1. The van der Waals surface area contributed by atoms with Crippen LogP contribution in [0.4, 0.5) is 0 Å². The Hall–Kier alpha value is -1.80. The standard InChI is InChI=1S/C18H28N2O5S/c1-24-16-8-7-14(11-17(16)25-2)26(22,23)10-9-18(21)20-15-6-4-3-5-13(15)12-19/h7-8,11,13,15H,3-6,9-10,12,19H2,1-2H3,(H,20,21). The fraction of sp³-hybridized carbons (Fsp3) is 0.611. The van der Waals surface area contributed by atoms with Gasteiger partial charge in [-0.2, -0.15) is 0 Å². The number of amides is 1. The Labute approximate surface area is 155 Å². The Morgan fingerprint density at radius 3 is 2.54 bits per heavy atom. The molecule has 3 N–H and O–H groups in total. The van der Waals surface area contributed by atoms with E-state index in [1.165, 1.54) is 26.4 Å². The Kier molecular flexibility index (Phi) is 7.28. The van der Waals surface area contributed by atoms with Gasteiger partial charge in [-0.3, -0.25) is 4.79 Å². The van der Waals surface area contributed by atoms with Gasteiger partial charge in [-0.15, -0.1) is 0 Å². The number of nitrogens with two attached hydrogens (primary N) is 1. The molecule has 0 radical (unpaired) electrons. The minimum atomic E-state index is -3.59. The summed E-state index contributed by atoms with van der Waals surface area (Å²) in [6.45, 7) is 0.537. The smallest absolute Gasteiger partial charge is 0.221 e. The highest BCUT2D eigenvalue weighted by molar-refractivity contribution is 7.91. The van der Waals surface area contributed by atoms with Gasteiger partial charge in [0.05, 0.1) is 24.9 Å². The Morgan fingerprint density at radius 2 is 1.88 bits per heavy atom. The number of ether oxygens (including phenoxy) is 2. The lowest BCUT2D eigenvalue weighted by molar-refractivity contribution is -0.122. The van der Waals surface area contributed by atoms with Gasteiger partial charge in [0.1, 0.15) is 0 Å². The van der Waals surface area contributed by atoms with E-state index in [4.69, 9.17) is 15.2 Å². The fourth-order valence-electron chi connectivity index (χ4n) is 3.31. The molecule has 1 aromatic carbocycles. The van der Waals surface area contributed by atoms with Crippen LogP contribution in [0.5, 0.6) is 11.5 Å². The van der Waals surface area contributed by atoms with Crippen molar-refractivity contribution in [1.29, 1.82) is 0 Å². The zero-order chi connectivity index (χ0) is 19.2. The molecule has 1 saturated carbocycles. The summed E-state index contributed by atoms with van der Waals surface area (Å²) in [4.78, 5) is 12.3. The number of hydrogen-bond acceptors (Lipinski definition) is 6. The van der Waals surface area contributed by atoms with E-state index >= 15 is 0 Å². The fourth-order valence-corrected chi connectivity index (χ4v) is 4.57. The number of carbonyl (C=O) groups is 1. The summed E-state index contributed by atoms with van der Waals surface area (Å²) in [7, 11) is -0.667. The zero-order valence-corrected chi connectivity index (χ0v) is 16.2. The van der Waals surface area contributed by atoms with Crippen LogP contribution in [0.2, 0.25) is 0 Å². The highest BCUT2D eigenvalue weighted by atomic mass is 32.2. The molecule has 0 aromatic heterocycles. The normalized spacial score (nSPS) is 20.4. The zero-order valence-electron chi connectivity index (χ0n) is 15.4. The molecule has 1 aliphatic carbocycles. The second kappa shape index (κ2) is 9.23. The number of rotatable bonds is 8. The van der Waals surface area contributed by atoms with Gasteiger partial charge in [-0.25, -0.2) is 8.42 Å². The van der Waals surface area contributed by atoms with Gasteiger partial charge in [0.2, 0.25) is 5.91 Å². The SMILES string of the molecule is COc1ccc(S(=O)(=O)CCC(=O)NC2CCCCC2CN)cc1OC.